The maximum atomic E-state index is 13.8. The van der Waals surface area contributed by atoms with Crippen LogP contribution >= 0.6 is 11.6 Å². The first-order valence-electron chi connectivity index (χ1n) is 16.4. The van der Waals surface area contributed by atoms with E-state index in [9.17, 15) is 14.4 Å². The van der Waals surface area contributed by atoms with Crippen molar-refractivity contribution in [1.29, 1.82) is 0 Å². The zero-order valence-corrected chi connectivity index (χ0v) is 29.7. The normalized spacial score (nSPS) is 12.8. The first kappa shape index (κ1) is 35.4. The zero-order chi connectivity index (χ0) is 35.2. The van der Waals surface area contributed by atoms with Gasteiger partial charge in [-0.05, 0) is 91.6 Å². The van der Waals surface area contributed by atoms with Gasteiger partial charge in [0.2, 0.25) is 11.8 Å². The Morgan fingerprint density at radius 1 is 0.980 bits per heavy atom. The fraction of sp³-hybridized carbons (Fsp3) is 0.333. The standard InChI is InChI=1S/C39H43ClN4O5/c1-23-18-28(19-24(2)37(23)40)49-17-11-16-30-29-14-10-15-31(36-25(3)43-44(5)26(36)4)32(29)21-33(30)38(46)41-22-35(45)42-34(39(47)48-6)20-27-12-8-7-9-13-27/h7-10,12-15,18-19,34H,11,16-17,20-22H2,1-6H3,(H,41,46)(H,42,45)/t34-/m0/s1. The van der Waals surface area contributed by atoms with Crippen molar-refractivity contribution < 1.29 is 23.9 Å². The van der Waals surface area contributed by atoms with Crippen LogP contribution < -0.4 is 15.4 Å². The molecule has 1 aliphatic carbocycles. The molecule has 9 nitrogen and oxygen atoms in total. The van der Waals surface area contributed by atoms with Gasteiger partial charge in [-0.15, -0.1) is 0 Å². The highest BCUT2D eigenvalue weighted by molar-refractivity contribution is 6.32. The third-order valence-electron chi connectivity index (χ3n) is 9.03. The van der Waals surface area contributed by atoms with Crippen LogP contribution in [-0.2, 0) is 39.0 Å². The number of hydrogen-bond donors (Lipinski definition) is 2. The summed E-state index contributed by atoms with van der Waals surface area (Å²) in [4.78, 5) is 39.3. The summed E-state index contributed by atoms with van der Waals surface area (Å²) in [5.41, 5.74) is 10.5. The summed E-state index contributed by atoms with van der Waals surface area (Å²) in [5, 5.41) is 10.9. The van der Waals surface area contributed by atoms with Crippen LogP contribution in [0, 0.1) is 27.7 Å². The number of hydrogen-bond acceptors (Lipinski definition) is 6. The second-order valence-electron chi connectivity index (χ2n) is 12.5. The second-order valence-corrected chi connectivity index (χ2v) is 12.9. The minimum atomic E-state index is -0.885. The average Bonchev–Trinajstić information content (AvgIpc) is 3.59. The van der Waals surface area contributed by atoms with Gasteiger partial charge in [-0.3, -0.25) is 14.3 Å². The van der Waals surface area contributed by atoms with E-state index in [1.807, 2.05) is 88.0 Å². The lowest BCUT2D eigenvalue weighted by Crippen LogP contribution is -2.47. The van der Waals surface area contributed by atoms with Crippen LogP contribution in [0.5, 0.6) is 5.75 Å². The topological polar surface area (TPSA) is 112 Å². The van der Waals surface area contributed by atoms with Crippen molar-refractivity contribution in [3.63, 3.8) is 0 Å². The number of rotatable bonds is 13. The molecular formula is C39H43ClN4O5. The number of halogens is 1. The fourth-order valence-corrected chi connectivity index (χ4v) is 6.64. The largest absolute Gasteiger partial charge is 0.494 e. The maximum Gasteiger partial charge on any atom is 0.328 e. The van der Waals surface area contributed by atoms with E-state index >= 15 is 0 Å². The quantitative estimate of drug-likeness (QED) is 0.129. The number of aromatic nitrogens is 2. The van der Waals surface area contributed by atoms with E-state index in [2.05, 4.69) is 27.9 Å². The molecule has 0 saturated carbocycles. The summed E-state index contributed by atoms with van der Waals surface area (Å²) in [7, 11) is 3.21. The molecule has 256 valence electrons. The summed E-state index contributed by atoms with van der Waals surface area (Å²) in [6.45, 7) is 8.11. The minimum absolute atomic E-state index is 0.269. The first-order chi connectivity index (χ1) is 23.5. The summed E-state index contributed by atoms with van der Waals surface area (Å²) in [5.74, 6) is -0.609. The molecule has 0 unspecified atom stereocenters. The third-order valence-corrected chi connectivity index (χ3v) is 9.63. The number of fused-ring (bicyclic) bond motifs is 1. The average molecular weight is 683 g/mol. The Bertz CT molecular complexity index is 1890. The summed E-state index contributed by atoms with van der Waals surface area (Å²) >= 11 is 6.34. The molecule has 0 bridgehead atoms. The number of methoxy groups -OCH3 is 1. The molecule has 0 fully saturated rings. The van der Waals surface area contributed by atoms with Crippen molar-refractivity contribution in [2.45, 2.75) is 59.4 Å². The monoisotopic (exact) mass is 682 g/mol. The first-order valence-corrected chi connectivity index (χ1v) is 16.8. The molecule has 49 heavy (non-hydrogen) atoms. The number of amides is 2. The number of allylic oxidation sites excluding steroid dienone is 1. The highest BCUT2D eigenvalue weighted by Crippen LogP contribution is 2.42. The van der Waals surface area contributed by atoms with E-state index < -0.39 is 17.9 Å². The number of nitrogens with zero attached hydrogens (tertiary/aromatic N) is 2. The Balaban J connectivity index is 1.34. The van der Waals surface area contributed by atoms with Gasteiger partial charge < -0.3 is 20.1 Å². The van der Waals surface area contributed by atoms with E-state index in [1.54, 1.807) is 0 Å². The lowest BCUT2D eigenvalue weighted by Gasteiger charge is -2.17. The SMILES string of the molecule is COC(=O)[C@H](Cc1ccccc1)NC(=O)CNC(=O)C1=C(CCCOc2cc(C)c(Cl)c(C)c2)c2cccc(-c3c(C)nn(C)c3C)c2C1. The van der Waals surface area contributed by atoms with Gasteiger partial charge in [-0.1, -0.05) is 60.1 Å². The summed E-state index contributed by atoms with van der Waals surface area (Å²) in [6.07, 6.45) is 1.95. The van der Waals surface area contributed by atoms with Crippen LogP contribution in [0.3, 0.4) is 0 Å². The number of benzene rings is 3. The molecule has 3 aromatic carbocycles. The molecule has 1 aliphatic rings. The van der Waals surface area contributed by atoms with Gasteiger partial charge in [0.05, 0.1) is 26.0 Å². The maximum absolute atomic E-state index is 13.8. The number of ether oxygens (including phenoxy) is 2. The number of aryl methyl sites for hydroxylation is 4. The van der Waals surface area contributed by atoms with E-state index in [1.165, 1.54) is 7.11 Å². The number of nitrogens with one attached hydrogen (secondary N) is 2. The van der Waals surface area contributed by atoms with Gasteiger partial charge in [0.15, 0.2) is 0 Å². The molecule has 2 amide bonds. The highest BCUT2D eigenvalue weighted by atomic mass is 35.5. The highest BCUT2D eigenvalue weighted by Gasteiger charge is 2.30. The summed E-state index contributed by atoms with van der Waals surface area (Å²) in [6, 6.07) is 18.5. The van der Waals surface area contributed by atoms with Gasteiger partial charge in [-0.25, -0.2) is 4.79 Å². The molecule has 1 atom stereocenters. The van der Waals surface area contributed by atoms with Crippen molar-refractivity contribution in [1.82, 2.24) is 20.4 Å². The smallest absolute Gasteiger partial charge is 0.328 e. The predicted octanol–water partition coefficient (Wildman–Crippen LogP) is 6.16. The zero-order valence-electron chi connectivity index (χ0n) is 28.9. The van der Waals surface area contributed by atoms with Gasteiger partial charge in [0, 0.05) is 41.7 Å². The van der Waals surface area contributed by atoms with Crippen LogP contribution in [0.25, 0.3) is 16.7 Å². The molecule has 1 heterocycles. The second kappa shape index (κ2) is 15.6. The Labute approximate surface area is 292 Å². The molecule has 10 heteroatoms. The molecule has 0 saturated heterocycles. The van der Waals surface area contributed by atoms with Crippen molar-refractivity contribution >= 4 is 35.0 Å². The summed E-state index contributed by atoms with van der Waals surface area (Å²) < 4.78 is 12.9. The van der Waals surface area contributed by atoms with Crippen molar-refractivity contribution in [3.05, 3.63) is 110 Å². The number of esters is 1. The van der Waals surface area contributed by atoms with E-state index in [0.717, 1.165) is 66.7 Å². The van der Waals surface area contributed by atoms with Crippen molar-refractivity contribution in [3.8, 4) is 16.9 Å². The predicted molar refractivity (Wildman–Crippen MR) is 191 cm³/mol. The third kappa shape index (κ3) is 8.05. The molecule has 1 aromatic heterocycles. The number of carbonyl (C=O) groups excluding carboxylic acids is 3. The van der Waals surface area contributed by atoms with Crippen LogP contribution in [-0.4, -0.2) is 53.9 Å². The van der Waals surface area contributed by atoms with Crippen molar-refractivity contribution in [2.75, 3.05) is 20.3 Å². The molecule has 0 spiro atoms. The molecule has 4 aromatic rings. The van der Waals surface area contributed by atoms with Gasteiger partial charge in [0.1, 0.15) is 11.8 Å². The Morgan fingerprint density at radius 2 is 1.67 bits per heavy atom. The van der Waals surface area contributed by atoms with Crippen LogP contribution in [0.15, 0.2) is 66.2 Å². The Morgan fingerprint density at radius 3 is 2.33 bits per heavy atom. The molecule has 0 aliphatic heterocycles. The van der Waals surface area contributed by atoms with Crippen molar-refractivity contribution in [2.24, 2.45) is 7.05 Å². The minimum Gasteiger partial charge on any atom is -0.494 e. The van der Waals surface area contributed by atoms with Crippen LogP contribution in [0.2, 0.25) is 5.02 Å². The molecular weight excluding hydrogens is 640 g/mol. The van der Waals surface area contributed by atoms with Gasteiger partial charge in [0.25, 0.3) is 0 Å². The fourth-order valence-electron chi connectivity index (χ4n) is 6.53. The Kier molecular flexibility index (Phi) is 11.2. The lowest BCUT2D eigenvalue weighted by molar-refractivity contribution is -0.144. The lowest BCUT2D eigenvalue weighted by atomic mass is 9.93. The number of carbonyl (C=O) groups is 3. The molecule has 0 radical (unpaired) electrons. The Hall–Kier alpha value is -4.89. The van der Waals surface area contributed by atoms with E-state index in [-0.39, 0.29) is 18.9 Å². The van der Waals surface area contributed by atoms with Crippen LogP contribution in [0.1, 0.15) is 52.0 Å². The van der Waals surface area contributed by atoms with E-state index in [0.29, 0.717) is 31.4 Å². The molecule has 2 N–H and O–H groups in total. The van der Waals surface area contributed by atoms with Crippen LogP contribution in [0.4, 0.5) is 0 Å². The van der Waals surface area contributed by atoms with Gasteiger partial charge in [-0.2, -0.15) is 5.10 Å². The van der Waals surface area contributed by atoms with Gasteiger partial charge >= 0.3 is 5.97 Å². The van der Waals surface area contributed by atoms with E-state index in [4.69, 9.17) is 21.1 Å². The molecule has 5 rings (SSSR count).